The number of hydrogen-bond donors (Lipinski definition) is 4. The number of aliphatic hydroxyl groups is 2. The summed E-state index contributed by atoms with van der Waals surface area (Å²) in [6.45, 7) is 3.85. The Morgan fingerprint density at radius 2 is 1.67 bits per heavy atom. The average molecular weight is 389 g/mol. The first kappa shape index (κ1) is 20.8. The van der Waals surface area contributed by atoms with E-state index in [1.807, 2.05) is 24.3 Å². The van der Waals surface area contributed by atoms with Crippen molar-refractivity contribution in [2.45, 2.75) is 31.9 Å². The van der Waals surface area contributed by atoms with Crippen LogP contribution in [0.15, 0.2) is 48.5 Å². The minimum absolute atomic E-state index is 0.0681. The molecule has 2 aromatic carbocycles. The third-order valence-corrected chi connectivity index (χ3v) is 4.39. The fourth-order valence-electron chi connectivity index (χ4n) is 2.54. The molecule has 7 nitrogen and oxygen atoms in total. The predicted molar refractivity (Wildman–Crippen MR) is 109 cm³/mol. The van der Waals surface area contributed by atoms with Crippen molar-refractivity contribution in [3.63, 3.8) is 0 Å². The third-order valence-electron chi connectivity index (χ3n) is 4.17. The first-order valence-electron chi connectivity index (χ1n) is 8.52. The first-order valence-corrected chi connectivity index (χ1v) is 8.93. The largest absolute Gasteiger partial charge is 0.394 e. The molecule has 0 fully saturated rings. The number of non-ortho nitro benzene ring substituents is 1. The van der Waals surface area contributed by atoms with Crippen LogP contribution < -0.4 is 10.6 Å². The molecule has 0 aliphatic heterocycles. The Morgan fingerprint density at radius 1 is 1.11 bits per heavy atom. The van der Waals surface area contributed by atoms with Crippen LogP contribution in [-0.2, 0) is 0 Å². The van der Waals surface area contributed by atoms with E-state index in [1.165, 1.54) is 29.8 Å². The molecule has 0 radical (unpaired) electrons. The highest BCUT2D eigenvalue weighted by Crippen LogP contribution is 2.21. The zero-order chi connectivity index (χ0) is 20.0. The van der Waals surface area contributed by atoms with E-state index in [0.717, 1.165) is 5.69 Å². The van der Waals surface area contributed by atoms with E-state index in [0.29, 0.717) is 11.5 Å². The van der Waals surface area contributed by atoms with Gasteiger partial charge in [0.15, 0.2) is 5.11 Å². The summed E-state index contributed by atoms with van der Waals surface area (Å²) < 4.78 is 0. The van der Waals surface area contributed by atoms with Crippen molar-refractivity contribution in [3.8, 4) is 0 Å². The molecule has 0 aromatic heterocycles. The number of nitro groups is 1. The van der Waals surface area contributed by atoms with Gasteiger partial charge in [0.2, 0.25) is 0 Å². The molecule has 2 rings (SSSR count). The topological polar surface area (TPSA) is 108 Å². The fourth-order valence-corrected chi connectivity index (χ4v) is 2.81. The van der Waals surface area contributed by atoms with Crippen LogP contribution >= 0.6 is 12.2 Å². The maximum atomic E-state index is 10.7. The summed E-state index contributed by atoms with van der Waals surface area (Å²) in [4.78, 5) is 10.2. The summed E-state index contributed by atoms with van der Waals surface area (Å²) in [5.41, 5.74) is 2.37. The second-order valence-electron chi connectivity index (χ2n) is 6.46. The van der Waals surface area contributed by atoms with Gasteiger partial charge >= 0.3 is 0 Å². The van der Waals surface area contributed by atoms with Crippen molar-refractivity contribution in [2.75, 3.05) is 11.9 Å². The molecule has 0 spiro atoms. The van der Waals surface area contributed by atoms with Gasteiger partial charge in [-0.05, 0) is 53.5 Å². The number of nitrogens with zero attached hydrogens (tertiary/aromatic N) is 1. The fraction of sp³-hybridized carbons (Fsp3) is 0.316. The van der Waals surface area contributed by atoms with Gasteiger partial charge < -0.3 is 20.8 Å². The number of anilines is 1. The summed E-state index contributed by atoms with van der Waals surface area (Å²) in [6, 6.07) is 12.6. The first-order chi connectivity index (χ1) is 12.8. The normalized spacial score (nSPS) is 13.1. The number of thiocarbonyl (C=S) groups is 1. The van der Waals surface area contributed by atoms with Gasteiger partial charge in [-0.3, -0.25) is 10.1 Å². The molecule has 4 N–H and O–H groups in total. The Bertz CT molecular complexity index is 779. The lowest BCUT2D eigenvalue weighted by molar-refractivity contribution is -0.384. The highest BCUT2D eigenvalue weighted by atomic mass is 32.1. The Labute approximate surface area is 163 Å². The number of rotatable bonds is 7. The van der Waals surface area contributed by atoms with E-state index in [-0.39, 0.29) is 17.4 Å². The summed E-state index contributed by atoms with van der Waals surface area (Å²) in [7, 11) is 0. The highest BCUT2D eigenvalue weighted by molar-refractivity contribution is 7.80. The molecule has 0 bridgehead atoms. The zero-order valence-corrected chi connectivity index (χ0v) is 15.9. The molecule has 144 valence electrons. The van der Waals surface area contributed by atoms with Crippen LogP contribution in [0.5, 0.6) is 0 Å². The van der Waals surface area contributed by atoms with Gasteiger partial charge in [0, 0.05) is 17.8 Å². The predicted octanol–water partition coefficient (Wildman–Crippen LogP) is 3.10. The molecule has 0 amide bonds. The van der Waals surface area contributed by atoms with Crippen molar-refractivity contribution in [2.24, 2.45) is 0 Å². The van der Waals surface area contributed by atoms with Gasteiger partial charge in [-0.15, -0.1) is 0 Å². The van der Waals surface area contributed by atoms with Gasteiger partial charge in [0.1, 0.15) is 6.10 Å². The summed E-state index contributed by atoms with van der Waals surface area (Å²) >= 11 is 5.25. The summed E-state index contributed by atoms with van der Waals surface area (Å²) in [5.74, 6) is 0.430. The summed E-state index contributed by atoms with van der Waals surface area (Å²) in [6.07, 6.45) is -1.08. The van der Waals surface area contributed by atoms with Gasteiger partial charge in [0.25, 0.3) is 5.69 Å². The van der Waals surface area contributed by atoms with E-state index in [9.17, 15) is 20.3 Å². The van der Waals surface area contributed by atoms with E-state index < -0.39 is 17.1 Å². The van der Waals surface area contributed by atoms with Crippen LogP contribution in [0, 0.1) is 10.1 Å². The van der Waals surface area contributed by atoms with Gasteiger partial charge in [-0.2, -0.15) is 0 Å². The molecule has 0 saturated heterocycles. The maximum absolute atomic E-state index is 10.7. The smallest absolute Gasteiger partial charge is 0.269 e. The molecule has 0 saturated carbocycles. The lowest BCUT2D eigenvalue weighted by Crippen LogP contribution is -2.43. The quantitative estimate of drug-likeness (QED) is 0.327. The monoisotopic (exact) mass is 389 g/mol. The standard InChI is InChI=1S/C19H23N3O4S/c1-12(2)13-3-7-15(8-4-13)20-19(27)21-17(11-23)18(24)14-5-9-16(10-6-14)22(25)26/h3-10,12,17-18,23-24H,11H2,1-2H3,(H2,20,21,27). The summed E-state index contributed by atoms with van der Waals surface area (Å²) in [5, 5.41) is 36.9. The zero-order valence-electron chi connectivity index (χ0n) is 15.1. The number of nitro benzene ring substituents is 1. The van der Waals surface area contributed by atoms with Crippen molar-refractivity contribution < 1.29 is 15.1 Å². The molecule has 27 heavy (non-hydrogen) atoms. The second kappa shape index (κ2) is 9.40. The van der Waals surface area contributed by atoms with E-state index >= 15 is 0 Å². The number of hydrogen-bond acceptors (Lipinski definition) is 5. The van der Waals surface area contributed by atoms with Crippen molar-refractivity contribution >= 4 is 28.7 Å². The molecule has 0 aliphatic rings. The lowest BCUT2D eigenvalue weighted by atomic mass is 10.0. The lowest BCUT2D eigenvalue weighted by Gasteiger charge is -2.24. The average Bonchev–Trinajstić information content (AvgIpc) is 2.66. The second-order valence-corrected chi connectivity index (χ2v) is 6.87. The molecule has 2 unspecified atom stereocenters. The van der Waals surface area contributed by atoms with Crippen LogP contribution in [0.25, 0.3) is 0 Å². The molecule has 0 heterocycles. The minimum atomic E-state index is -1.08. The van der Waals surface area contributed by atoms with Crippen molar-refractivity contribution in [3.05, 3.63) is 69.8 Å². The highest BCUT2D eigenvalue weighted by Gasteiger charge is 2.22. The van der Waals surface area contributed by atoms with Gasteiger partial charge in [-0.25, -0.2) is 0 Å². The van der Waals surface area contributed by atoms with Crippen LogP contribution in [0.4, 0.5) is 11.4 Å². The van der Waals surface area contributed by atoms with Crippen LogP contribution in [0.3, 0.4) is 0 Å². The molecule has 2 atom stereocenters. The van der Waals surface area contributed by atoms with Crippen LogP contribution in [0.1, 0.15) is 37.0 Å². The number of nitrogens with one attached hydrogen (secondary N) is 2. The van der Waals surface area contributed by atoms with Crippen molar-refractivity contribution in [1.82, 2.24) is 5.32 Å². The van der Waals surface area contributed by atoms with Crippen LogP contribution in [0.2, 0.25) is 0 Å². The minimum Gasteiger partial charge on any atom is -0.394 e. The van der Waals surface area contributed by atoms with E-state index in [2.05, 4.69) is 24.5 Å². The number of benzene rings is 2. The van der Waals surface area contributed by atoms with E-state index in [1.54, 1.807) is 0 Å². The maximum Gasteiger partial charge on any atom is 0.269 e. The van der Waals surface area contributed by atoms with Gasteiger partial charge in [0.05, 0.1) is 17.6 Å². The Morgan fingerprint density at radius 3 is 2.15 bits per heavy atom. The molecule has 0 aliphatic carbocycles. The molecule has 8 heteroatoms. The van der Waals surface area contributed by atoms with Gasteiger partial charge in [-0.1, -0.05) is 26.0 Å². The Balaban J connectivity index is 2.00. The number of aliphatic hydroxyl groups excluding tert-OH is 2. The Hall–Kier alpha value is -2.55. The van der Waals surface area contributed by atoms with Crippen molar-refractivity contribution in [1.29, 1.82) is 0 Å². The third kappa shape index (κ3) is 5.72. The molecular formula is C19H23N3O4S. The molecule has 2 aromatic rings. The van der Waals surface area contributed by atoms with E-state index in [4.69, 9.17) is 12.2 Å². The van der Waals surface area contributed by atoms with Crippen LogP contribution in [-0.4, -0.2) is 32.9 Å². The Kier molecular flexibility index (Phi) is 7.23. The SMILES string of the molecule is CC(C)c1ccc(NC(=S)NC(CO)C(O)c2ccc([N+](=O)[O-])cc2)cc1. The molecular weight excluding hydrogens is 366 g/mol.